The summed E-state index contributed by atoms with van der Waals surface area (Å²) in [5.74, 6) is -5.70. The summed E-state index contributed by atoms with van der Waals surface area (Å²) in [6, 6.07) is 13.0. The third-order valence-corrected chi connectivity index (χ3v) is 5.62. The summed E-state index contributed by atoms with van der Waals surface area (Å²) in [5.41, 5.74) is 4.84. The molecule has 1 unspecified atom stereocenters. The van der Waals surface area contributed by atoms with E-state index < -0.39 is 64.4 Å². The molecular weight excluding hydrogens is 502 g/mol. The molecule has 0 fully saturated rings. The highest BCUT2D eigenvalue weighted by Gasteiger charge is 2.66. The van der Waals surface area contributed by atoms with Crippen molar-refractivity contribution in [2.75, 3.05) is 19.1 Å². The molecule has 37 heavy (non-hydrogen) atoms. The van der Waals surface area contributed by atoms with Gasteiger partial charge in [-0.1, -0.05) is 36.4 Å². The van der Waals surface area contributed by atoms with Crippen LogP contribution in [0.2, 0.25) is 0 Å². The van der Waals surface area contributed by atoms with Crippen LogP contribution in [0.25, 0.3) is 0 Å². The van der Waals surface area contributed by atoms with Gasteiger partial charge in [0.05, 0.1) is 43.0 Å². The molecule has 2 aromatic rings. The van der Waals surface area contributed by atoms with Crippen LogP contribution in [0.5, 0.6) is 11.5 Å². The zero-order valence-electron chi connectivity index (χ0n) is 19.1. The topological polar surface area (TPSA) is 124 Å². The third-order valence-electron chi connectivity index (χ3n) is 5.62. The number of methoxy groups -OCH3 is 2. The van der Waals surface area contributed by atoms with Gasteiger partial charge in [-0.25, -0.2) is 9.59 Å². The molecule has 0 aromatic heterocycles. The Hall–Kier alpha value is -4.73. The van der Waals surface area contributed by atoms with E-state index in [1.807, 2.05) is 6.07 Å². The van der Waals surface area contributed by atoms with Gasteiger partial charge >= 0.3 is 24.2 Å². The van der Waals surface area contributed by atoms with Gasteiger partial charge in [-0.2, -0.15) is 22.8 Å². The number of nitriles is 1. The van der Waals surface area contributed by atoms with Gasteiger partial charge in [0, 0.05) is 0 Å². The number of carbonyl (C=O) groups is 2. The van der Waals surface area contributed by atoms with Crippen LogP contribution >= 0.6 is 0 Å². The number of alkyl halides is 4. The zero-order chi connectivity index (χ0) is 27.1. The van der Waals surface area contributed by atoms with Crippen LogP contribution in [-0.4, -0.2) is 38.4 Å². The van der Waals surface area contributed by atoms with E-state index in [9.17, 15) is 32.4 Å². The Bertz CT molecular complexity index is 1380. The monoisotopic (exact) mass is 519 g/mol. The van der Waals surface area contributed by atoms with Crippen LogP contribution in [0, 0.1) is 11.3 Å². The van der Waals surface area contributed by atoms with Crippen LogP contribution in [0.4, 0.5) is 23.2 Å². The van der Waals surface area contributed by atoms with Gasteiger partial charge < -0.3 is 24.7 Å². The van der Waals surface area contributed by atoms with Crippen molar-refractivity contribution in [1.29, 1.82) is 5.26 Å². The molecule has 0 saturated carbocycles. The lowest BCUT2D eigenvalue weighted by atomic mass is 9.81. The molecule has 0 amide bonds. The molecule has 4 rings (SSSR count). The number of hydrogen-bond acceptors (Lipinski definition) is 9. The maximum atomic E-state index is 14.1. The Kier molecular flexibility index (Phi) is 6.20. The average molecular weight is 519 g/mol. The third kappa shape index (κ3) is 3.96. The van der Waals surface area contributed by atoms with Crippen LogP contribution in [0.1, 0.15) is 11.5 Å². The normalized spacial score (nSPS) is 19.7. The first kappa shape index (κ1) is 25.4. The summed E-state index contributed by atoms with van der Waals surface area (Å²) >= 11 is 0. The van der Waals surface area contributed by atoms with E-state index in [4.69, 9.17) is 15.2 Å². The molecular formula is C24H17F4N3O6. The van der Waals surface area contributed by atoms with Crippen molar-refractivity contribution < 1.29 is 46.1 Å². The van der Waals surface area contributed by atoms with Gasteiger partial charge in [-0.05, 0) is 17.7 Å². The minimum Gasteiger partial charge on any atom is -0.466 e. The number of benzene rings is 2. The van der Waals surface area contributed by atoms with Crippen LogP contribution < -0.4 is 20.1 Å². The Morgan fingerprint density at radius 2 is 1.59 bits per heavy atom. The minimum absolute atomic E-state index is 0.273. The largest absolute Gasteiger partial charge is 0.507 e. The summed E-state index contributed by atoms with van der Waals surface area (Å²) in [5, 5.41) is 10.0. The summed E-state index contributed by atoms with van der Waals surface area (Å²) < 4.78 is 74.1. The predicted molar refractivity (Wildman–Crippen MR) is 117 cm³/mol. The van der Waals surface area contributed by atoms with Gasteiger partial charge in [0.2, 0.25) is 0 Å². The van der Waals surface area contributed by atoms with Crippen molar-refractivity contribution in [2.24, 2.45) is 5.73 Å². The van der Waals surface area contributed by atoms with Gasteiger partial charge in [-0.15, -0.1) is 0 Å². The van der Waals surface area contributed by atoms with Crippen LogP contribution in [-0.2, 0) is 19.1 Å². The molecule has 2 aromatic carbocycles. The molecule has 0 spiro atoms. The lowest BCUT2D eigenvalue weighted by Gasteiger charge is -2.38. The Labute approximate surface area is 206 Å². The second-order valence-corrected chi connectivity index (χ2v) is 7.68. The fourth-order valence-corrected chi connectivity index (χ4v) is 4.01. The molecule has 2 N–H and O–H groups in total. The van der Waals surface area contributed by atoms with Crippen molar-refractivity contribution in [3.8, 4) is 17.6 Å². The molecule has 0 saturated heterocycles. The number of fused-ring (bicyclic) bond motifs is 1. The number of halogens is 4. The van der Waals surface area contributed by atoms with Gasteiger partial charge in [-0.3, -0.25) is 4.90 Å². The molecule has 9 nitrogen and oxygen atoms in total. The highest BCUT2D eigenvalue weighted by molar-refractivity contribution is 6.06. The average Bonchev–Trinajstić information content (AvgIpc) is 2.87. The van der Waals surface area contributed by atoms with E-state index in [2.05, 4.69) is 9.47 Å². The highest BCUT2D eigenvalue weighted by atomic mass is 19.3. The van der Waals surface area contributed by atoms with E-state index in [0.717, 1.165) is 37.3 Å². The van der Waals surface area contributed by atoms with E-state index in [1.54, 1.807) is 30.3 Å². The van der Waals surface area contributed by atoms with Gasteiger partial charge in [0.15, 0.2) is 11.5 Å². The van der Waals surface area contributed by atoms with Crippen molar-refractivity contribution in [3.63, 3.8) is 0 Å². The fourth-order valence-electron chi connectivity index (χ4n) is 4.01. The number of allylic oxidation sites excluding steroid dienone is 1. The molecule has 0 bridgehead atoms. The summed E-state index contributed by atoms with van der Waals surface area (Å²) in [7, 11) is 2.00. The number of carbonyl (C=O) groups excluding carboxylic acids is 2. The number of para-hydroxylation sites is 1. The Morgan fingerprint density at radius 1 is 0.973 bits per heavy atom. The number of anilines is 1. The zero-order valence-corrected chi connectivity index (χ0v) is 19.1. The molecule has 2 aliphatic rings. The van der Waals surface area contributed by atoms with Crippen molar-refractivity contribution in [1.82, 2.24) is 0 Å². The lowest BCUT2D eigenvalue weighted by molar-refractivity contribution is -0.391. The van der Waals surface area contributed by atoms with Crippen molar-refractivity contribution in [3.05, 3.63) is 76.8 Å². The predicted octanol–water partition coefficient (Wildman–Crippen LogP) is 3.54. The molecule has 2 aliphatic heterocycles. The summed E-state index contributed by atoms with van der Waals surface area (Å²) in [4.78, 5) is 26.8. The smallest absolute Gasteiger partial charge is 0.466 e. The van der Waals surface area contributed by atoms with Crippen LogP contribution in [0.15, 0.2) is 71.2 Å². The number of esters is 2. The van der Waals surface area contributed by atoms with Crippen LogP contribution in [0.3, 0.4) is 0 Å². The summed E-state index contributed by atoms with van der Waals surface area (Å²) in [6.07, 6.45) is -10.1. The first-order valence-corrected chi connectivity index (χ1v) is 10.4. The Morgan fingerprint density at radius 3 is 2.19 bits per heavy atom. The Balaban J connectivity index is 2.07. The number of hydrogen-bond donors (Lipinski definition) is 1. The standard InChI is InChI=1S/C24H17F4N3O6/c1-34-21(32)17-16(12-7-4-3-5-8-12)13(11-29)20(30)31(18(17)22(33)35-2)14-9-6-10-15-19(14)37-24(27,28)23(25,26)36-15/h3-10,16H,30H2,1-2H3. The van der Waals surface area contributed by atoms with E-state index in [0.29, 0.717) is 5.56 Å². The molecule has 0 radical (unpaired) electrons. The lowest BCUT2D eigenvalue weighted by Crippen LogP contribution is -2.52. The first-order valence-electron chi connectivity index (χ1n) is 10.4. The molecule has 2 heterocycles. The van der Waals surface area contributed by atoms with Gasteiger partial charge in [0.25, 0.3) is 0 Å². The summed E-state index contributed by atoms with van der Waals surface area (Å²) in [6.45, 7) is 0. The molecule has 1 atom stereocenters. The SMILES string of the molecule is COC(=O)C1=C(C(=O)OC)N(c2cccc3c2OC(F)(F)C(F)(F)O3)C(N)=C(C#N)C1c1ccccc1. The van der Waals surface area contributed by atoms with Crippen molar-refractivity contribution >= 4 is 17.6 Å². The number of nitrogens with zero attached hydrogens (tertiary/aromatic N) is 2. The number of rotatable bonds is 4. The number of nitrogens with two attached hydrogens (primary N) is 1. The highest BCUT2D eigenvalue weighted by Crippen LogP contribution is 2.53. The molecule has 192 valence electrons. The molecule has 0 aliphatic carbocycles. The van der Waals surface area contributed by atoms with Crippen molar-refractivity contribution in [2.45, 2.75) is 18.1 Å². The second kappa shape index (κ2) is 9.05. The molecule has 13 heteroatoms. The first-order chi connectivity index (χ1) is 17.5. The van der Waals surface area contributed by atoms with Gasteiger partial charge in [0.1, 0.15) is 11.5 Å². The number of ether oxygens (including phenoxy) is 4. The fraction of sp³-hybridized carbons (Fsp3) is 0.208. The quantitative estimate of drug-likeness (QED) is 0.477. The van der Waals surface area contributed by atoms with E-state index in [-0.39, 0.29) is 5.57 Å². The minimum atomic E-state index is -5.12. The van der Waals surface area contributed by atoms with E-state index in [1.165, 1.54) is 0 Å². The van der Waals surface area contributed by atoms with E-state index >= 15 is 0 Å². The maximum absolute atomic E-state index is 14.1. The second-order valence-electron chi connectivity index (χ2n) is 7.68. The maximum Gasteiger partial charge on any atom is 0.507 e.